The highest BCUT2D eigenvalue weighted by molar-refractivity contribution is 5.98. The van der Waals surface area contributed by atoms with E-state index in [-0.39, 0.29) is 35.0 Å². The number of anilines is 1. The molecule has 2 atom stereocenters. The number of nitrogens with zero attached hydrogens (tertiary/aromatic N) is 4. The van der Waals surface area contributed by atoms with Crippen molar-refractivity contribution in [2.24, 2.45) is 11.7 Å². The topological polar surface area (TPSA) is 122 Å². The third-order valence-electron chi connectivity index (χ3n) is 7.30. The number of ether oxygens (including phenoxy) is 2. The zero-order valence-electron chi connectivity index (χ0n) is 21.2. The first-order valence-electron chi connectivity index (χ1n) is 13.0. The summed E-state index contributed by atoms with van der Waals surface area (Å²) in [7, 11) is 0. The van der Waals surface area contributed by atoms with Crippen molar-refractivity contribution in [3.05, 3.63) is 83.9 Å². The Labute approximate surface area is 226 Å². The lowest BCUT2D eigenvalue weighted by atomic mass is 10.1. The number of likely N-dealkylation sites (tertiary alicyclic amines) is 1. The lowest BCUT2D eigenvalue weighted by Crippen LogP contribution is -2.49. The van der Waals surface area contributed by atoms with Gasteiger partial charge in [0, 0.05) is 13.1 Å². The quantitative estimate of drug-likeness (QED) is 0.344. The number of aromatic nitrogens is 1. The molecule has 2 N–H and O–H groups in total. The fourth-order valence-electron chi connectivity index (χ4n) is 5.17. The minimum absolute atomic E-state index is 0.00222. The normalized spacial score (nSPS) is 20.0. The smallest absolute Gasteiger partial charge is 0.264 e. The van der Waals surface area contributed by atoms with Crippen LogP contribution in [0.2, 0.25) is 0 Å². The summed E-state index contributed by atoms with van der Waals surface area (Å²) in [5.74, 6) is 2.15. The summed E-state index contributed by atoms with van der Waals surface area (Å²) < 4.78 is 11.8. The van der Waals surface area contributed by atoms with Crippen molar-refractivity contribution in [1.29, 1.82) is 5.26 Å². The van der Waals surface area contributed by atoms with Crippen molar-refractivity contribution in [1.82, 2.24) is 9.88 Å². The van der Waals surface area contributed by atoms with E-state index in [2.05, 4.69) is 16.0 Å². The van der Waals surface area contributed by atoms with E-state index >= 15 is 0 Å². The maximum absolute atomic E-state index is 13.0. The van der Waals surface area contributed by atoms with E-state index in [0.717, 1.165) is 25.0 Å². The van der Waals surface area contributed by atoms with Gasteiger partial charge in [-0.25, -0.2) is 0 Å². The van der Waals surface area contributed by atoms with E-state index in [1.54, 1.807) is 36.4 Å². The summed E-state index contributed by atoms with van der Waals surface area (Å²) in [6, 6.07) is 22.0. The standard InChI is InChI=1S/C30H27N5O4/c31-16-20(14-19-6-7-19)30(37)35-18-21-15-22(35)17-34(21)27-13-12-26(28(32)36)29(33-27)39-25-10-8-24(9-11-25)38-23-4-2-1-3-5-23/h1-5,8-14,19,21-22H,6-7,15,17-18H2,(H2,32,36)/t21-,22-/m0/s1. The molecule has 3 heterocycles. The third-order valence-corrected chi connectivity index (χ3v) is 7.30. The predicted molar refractivity (Wildman–Crippen MR) is 143 cm³/mol. The summed E-state index contributed by atoms with van der Waals surface area (Å²) in [5, 5.41) is 9.49. The maximum Gasteiger partial charge on any atom is 0.264 e. The van der Waals surface area contributed by atoms with Gasteiger partial charge in [0.05, 0.1) is 12.1 Å². The summed E-state index contributed by atoms with van der Waals surface area (Å²) in [6.07, 6.45) is 4.70. The van der Waals surface area contributed by atoms with E-state index in [9.17, 15) is 14.9 Å². The Hall–Kier alpha value is -4.84. The number of amides is 2. The minimum atomic E-state index is -0.640. The molecule has 6 rings (SSSR count). The molecule has 9 nitrogen and oxygen atoms in total. The van der Waals surface area contributed by atoms with Gasteiger partial charge in [0.25, 0.3) is 11.8 Å². The number of hydrogen-bond acceptors (Lipinski definition) is 7. The average Bonchev–Trinajstić information content (AvgIpc) is 3.54. The predicted octanol–water partition coefficient (Wildman–Crippen LogP) is 4.41. The van der Waals surface area contributed by atoms with E-state index in [0.29, 0.717) is 36.3 Å². The highest BCUT2D eigenvalue weighted by Crippen LogP contribution is 2.37. The Morgan fingerprint density at radius 3 is 2.23 bits per heavy atom. The van der Waals surface area contributed by atoms with Crippen molar-refractivity contribution in [3.8, 4) is 29.2 Å². The first-order chi connectivity index (χ1) is 19.0. The lowest BCUT2D eigenvalue weighted by Gasteiger charge is -2.35. The molecular formula is C30H27N5O4. The number of carbonyl (C=O) groups excluding carboxylic acids is 2. The number of nitrogens with two attached hydrogens (primary N) is 1. The molecular weight excluding hydrogens is 494 g/mol. The van der Waals surface area contributed by atoms with Crippen LogP contribution >= 0.6 is 0 Å². The van der Waals surface area contributed by atoms with Gasteiger partial charge in [0.1, 0.15) is 40.3 Å². The molecule has 196 valence electrons. The summed E-state index contributed by atoms with van der Waals surface area (Å²) in [6.45, 7) is 1.11. The number of piperazine rings is 1. The van der Waals surface area contributed by atoms with Crippen LogP contribution in [0, 0.1) is 17.2 Å². The van der Waals surface area contributed by atoms with Gasteiger partial charge in [-0.05, 0) is 73.7 Å². The fraction of sp³-hybridized carbons (Fsp3) is 0.267. The molecule has 9 heteroatoms. The van der Waals surface area contributed by atoms with Crippen molar-refractivity contribution < 1.29 is 19.1 Å². The molecule has 1 saturated carbocycles. The zero-order chi connectivity index (χ0) is 26.9. The SMILES string of the molecule is N#CC(=CC1CC1)C(=O)N1C[C@@H]2C[C@H]1CN2c1ccc(C(N)=O)c(Oc2ccc(Oc3ccccc3)cc2)n1. The average molecular weight is 522 g/mol. The largest absolute Gasteiger partial charge is 0.457 e. The van der Waals surface area contributed by atoms with Crippen LogP contribution in [-0.4, -0.2) is 46.9 Å². The number of fused-ring (bicyclic) bond motifs is 2. The van der Waals surface area contributed by atoms with E-state index in [1.165, 1.54) is 0 Å². The monoisotopic (exact) mass is 521 g/mol. The number of carbonyl (C=O) groups is 2. The Balaban J connectivity index is 1.17. The zero-order valence-corrected chi connectivity index (χ0v) is 21.2. The highest BCUT2D eigenvalue weighted by Gasteiger charge is 2.46. The lowest BCUT2D eigenvalue weighted by molar-refractivity contribution is -0.127. The third kappa shape index (κ3) is 5.14. The molecule has 2 aromatic carbocycles. The second kappa shape index (κ2) is 10.1. The second-order valence-electron chi connectivity index (χ2n) is 10.1. The number of para-hydroxylation sites is 1. The second-order valence-corrected chi connectivity index (χ2v) is 10.1. The summed E-state index contributed by atoms with van der Waals surface area (Å²) in [5.41, 5.74) is 6.03. The molecule has 1 aliphatic carbocycles. The molecule has 0 spiro atoms. The summed E-state index contributed by atoms with van der Waals surface area (Å²) >= 11 is 0. The maximum atomic E-state index is 13.0. The number of benzene rings is 2. The molecule has 2 amide bonds. The Morgan fingerprint density at radius 1 is 0.923 bits per heavy atom. The Kier molecular flexibility index (Phi) is 6.37. The number of hydrogen-bond donors (Lipinski definition) is 1. The Morgan fingerprint density at radius 2 is 1.62 bits per heavy atom. The van der Waals surface area contributed by atoms with Gasteiger partial charge in [-0.1, -0.05) is 24.3 Å². The van der Waals surface area contributed by atoms with Crippen LogP contribution in [0.5, 0.6) is 23.1 Å². The molecule has 39 heavy (non-hydrogen) atoms. The molecule has 1 aromatic heterocycles. The van der Waals surface area contributed by atoms with Gasteiger partial charge >= 0.3 is 0 Å². The molecule has 0 radical (unpaired) electrons. The first-order valence-corrected chi connectivity index (χ1v) is 13.0. The van der Waals surface area contributed by atoms with Gasteiger partial charge < -0.3 is 25.0 Å². The Bertz CT molecular complexity index is 1480. The highest BCUT2D eigenvalue weighted by atomic mass is 16.5. The molecule has 0 unspecified atom stereocenters. The van der Waals surface area contributed by atoms with Crippen LogP contribution in [0.3, 0.4) is 0 Å². The minimum Gasteiger partial charge on any atom is -0.457 e. The summed E-state index contributed by atoms with van der Waals surface area (Å²) in [4.78, 5) is 33.7. The van der Waals surface area contributed by atoms with Gasteiger partial charge in [0.15, 0.2) is 0 Å². The van der Waals surface area contributed by atoms with E-state index in [4.69, 9.17) is 15.2 Å². The van der Waals surface area contributed by atoms with Crippen LogP contribution in [-0.2, 0) is 4.79 Å². The van der Waals surface area contributed by atoms with E-state index in [1.807, 2.05) is 41.3 Å². The van der Waals surface area contributed by atoms with Crippen molar-refractivity contribution >= 4 is 17.6 Å². The van der Waals surface area contributed by atoms with Crippen LogP contribution in [0.15, 0.2) is 78.4 Å². The number of rotatable bonds is 8. The fourth-order valence-corrected chi connectivity index (χ4v) is 5.17. The van der Waals surface area contributed by atoms with Crippen LogP contribution in [0.4, 0.5) is 5.82 Å². The van der Waals surface area contributed by atoms with Crippen molar-refractivity contribution in [3.63, 3.8) is 0 Å². The van der Waals surface area contributed by atoms with E-state index < -0.39 is 5.91 Å². The van der Waals surface area contributed by atoms with Gasteiger partial charge in [-0.2, -0.15) is 10.2 Å². The molecule has 3 fully saturated rings. The van der Waals surface area contributed by atoms with Gasteiger partial charge in [0.2, 0.25) is 5.88 Å². The van der Waals surface area contributed by atoms with Crippen LogP contribution in [0.25, 0.3) is 0 Å². The number of allylic oxidation sites excluding steroid dienone is 1. The van der Waals surface area contributed by atoms with Gasteiger partial charge in [-0.15, -0.1) is 0 Å². The molecule has 3 aromatic rings. The molecule has 2 saturated heterocycles. The van der Waals surface area contributed by atoms with Crippen LogP contribution < -0.4 is 20.1 Å². The van der Waals surface area contributed by atoms with Crippen molar-refractivity contribution in [2.75, 3.05) is 18.0 Å². The molecule has 3 aliphatic rings. The number of pyridine rings is 1. The molecule has 2 bridgehead atoms. The van der Waals surface area contributed by atoms with Gasteiger partial charge in [-0.3, -0.25) is 9.59 Å². The number of nitriles is 1. The number of primary amides is 1. The first kappa shape index (κ1) is 24.5. The van der Waals surface area contributed by atoms with Crippen molar-refractivity contribution in [2.45, 2.75) is 31.3 Å². The molecule has 2 aliphatic heterocycles. The van der Waals surface area contributed by atoms with Crippen LogP contribution in [0.1, 0.15) is 29.6 Å².